The molecule has 0 aliphatic heterocycles. The highest BCUT2D eigenvalue weighted by Gasteiger charge is 2.11. The second-order valence-electron chi connectivity index (χ2n) is 4.67. The van der Waals surface area contributed by atoms with Crippen molar-refractivity contribution in [1.29, 1.82) is 0 Å². The first kappa shape index (κ1) is 14.1. The van der Waals surface area contributed by atoms with Crippen molar-refractivity contribution in [1.82, 2.24) is 0 Å². The average Bonchev–Trinajstić information content (AvgIpc) is 2.33. The summed E-state index contributed by atoms with van der Waals surface area (Å²) in [5, 5.41) is 0.983. The van der Waals surface area contributed by atoms with Crippen LogP contribution in [-0.2, 0) is 6.42 Å². The van der Waals surface area contributed by atoms with E-state index in [0.29, 0.717) is 16.5 Å². The SMILES string of the molecule is Cc1ccc(C(=O)Cc2ccc(Cl)c(Cl)c2)c(C)c1. The maximum Gasteiger partial charge on any atom is 0.167 e. The molecule has 19 heavy (non-hydrogen) atoms. The Morgan fingerprint density at radius 2 is 1.74 bits per heavy atom. The van der Waals surface area contributed by atoms with Gasteiger partial charge in [-0.3, -0.25) is 4.79 Å². The van der Waals surface area contributed by atoms with E-state index >= 15 is 0 Å². The number of carbonyl (C=O) groups excluding carboxylic acids is 1. The Kier molecular flexibility index (Phi) is 4.28. The number of hydrogen-bond acceptors (Lipinski definition) is 1. The molecular formula is C16H14Cl2O. The van der Waals surface area contributed by atoms with E-state index < -0.39 is 0 Å². The standard InChI is InChI=1S/C16H14Cl2O/c1-10-3-5-13(11(2)7-10)16(19)9-12-4-6-14(17)15(18)8-12/h3-8H,9H2,1-2H3. The van der Waals surface area contributed by atoms with Crippen LogP contribution in [0.1, 0.15) is 27.0 Å². The van der Waals surface area contributed by atoms with Gasteiger partial charge in [0.2, 0.25) is 0 Å². The maximum atomic E-state index is 12.3. The lowest BCUT2D eigenvalue weighted by Crippen LogP contribution is -2.05. The van der Waals surface area contributed by atoms with E-state index in [9.17, 15) is 4.79 Å². The minimum atomic E-state index is 0.0934. The number of ketones is 1. The van der Waals surface area contributed by atoms with E-state index in [1.807, 2.05) is 38.1 Å². The molecule has 0 saturated carbocycles. The van der Waals surface area contributed by atoms with Crippen molar-refractivity contribution in [3.63, 3.8) is 0 Å². The van der Waals surface area contributed by atoms with E-state index in [0.717, 1.165) is 22.3 Å². The van der Waals surface area contributed by atoms with Crippen molar-refractivity contribution >= 4 is 29.0 Å². The number of aryl methyl sites for hydroxylation is 2. The summed E-state index contributed by atoms with van der Waals surface area (Å²) in [6, 6.07) is 11.1. The van der Waals surface area contributed by atoms with Crippen LogP contribution in [0.25, 0.3) is 0 Å². The summed E-state index contributed by atoms with van der Waals surface area (Å²) < 4.78 is 0. The monoisotopic (exact) mass is 292 g/mol. The van der Waals surface area contributed by atoms with Crippen molar-refractivity contribution in [2.75, 3.05) is 0 Å². The number of halogens is 2. The summed E-state index contributed by atoms with van der Waals surface area (Å²) in [6.45, 7) is 3.97. The number of Topliss-reactive ketones (excluding diaryl/α,β-unsaturated/α-hetero) is 1. The topological polar surface area (TPSA) is 17.1 Å². The Morgan fingerprint density at radius 3 is 2.37 bits per heavy atom. The smallest absolute Gasteiger partial charge is 0.167 e. The van der Waals surface area contributed by atoms with Gasteiger partial charge in [0, 0.05) is 12.0 Å². The van der Waals surface area contributed by atoms with Crippen LogP contribution < -0.4 is 0 Å². The lowest BCUT2D eigenvalue weighted by atomic mass is 9.98. The van der Waals surface area contributed by atoms with Gasteiger partial charge < -0.3 is 0 Å². The number of rotatable bonds is 3. The molecule has 98 valence electrons. The van der Waals surface area contributed by atoms with Crippen LogP contribution in [0.3, 0.4) is 0 Å². The van der Waals surface area contributed by atoms with Crippen LogP contribution in [0.5, 0.6) is 0 Å². The molecule has 0 N–H and O–H groups in total. The third-order valence-corrected chi connectivity index (χ3v) is 3.77. The Labute approximate surface area is 123 Å². The molecule has 1 nitrogen and oxygen atoms in total. The van der Waals surface area contributed by atoms with Gasteiger partial charge in [-0.05, 0) is 37.1 Å². The molecule has 0 spiro atoms. The quantitative estimate of drug-likeness (QED) is 0.725. The molecule has 0 unspecified atom stereocenters. The van der Waals surface area contributed by atoms with E-state index in [1.165, 1.54) is 0 Å². The van der Waals surface area contributed by atoms with Gasteiger partial charge in [-0.15, -0.1) is 0 Å². The molecule has 0 saturated heterocycles. The summed E-state index contributed by atoms with van der Waals surface area (Å²) >= 11 is 11.8. The Morgan fingerprint density at radius 1 is 1.00 bits per heavy atom. The van der Waals surface area contributed by atoms with Crippen LogP contribution in [0, 0.1) is 13.8 Å². The summed E-state index contributed by atoms with van der Waals surface area (Å²) in [5.74, 6) is 0.0934. The normalized spacial score (nSPS) is 10.5. The third-order valence-electron chi connectivity index (χ3n) is 3.03. The van der Waals surface area contributed by atoms with Gasteiger partial charge in [-0.2, -0.15) is 0 Å². The van der Waals surface area contributed by atoms with Crippen molar-refractivity contribution < 1.29 is 4.79 Å². The summed E-state index contributed by atoms with van der Waals surface area (Å²) in [4.78, 5) is 12.3. The highest BCUT2D eigenvalue weighted by Crippen LogP contribution is 2.23. The Hall–Kier alpha value is -1.31. The molecule has 0 atom stereocenters. The molecule has 0 heterocycles. The van der Waals surface area contributed by atoms with Gasteiger partial charge in [-0.25, -0.2) is 0 Å². The average molecular weight is 293 g/mol. The zero-order valence-corrected chi connectivity index (χ0v) is 12.3. The highest BCUT2D eigenvalue weighted by atomic mass is 35.5. The fourth-order valence-corrected chi connectivity index (χ4v) is 2.38. The summed E-state index contributed by atoms with van der Waals surface area (Å²) in [6.07, 6.45) is 0.334. The summed E-state index contributed by atoms with van der Waals surface area (Å²) in [5.41, 5.74) is 3.80. The number of benzene rings is 2. The molecule has 3 heteroatoms. The van der Waals surface area contributed by atoms with Gasteiger partial charge in [0.05, 0.1) is 10.0 Å². The predicted molar refractivity (Wildman–Crippen MR) is 80.4 cm³/mol. The second kappa shape index (κ2) is 5.77. The molecule has 0 aliphatic carbocycles. The molecule has 0 aromatic heterocycles. The molecule has 0 radical (unpaired) electrons. The first-order valence-corrected chi connectivity index (χ1v) is 6.77. The highest BCUT2D eigenvalue weighted by molar-refractivity contribution is 6.42. The van der Waals surface area contributed by atoms with Gasteiger partial charge in [-0.1, -0.05) is 53.0 Å². The predicted octanol–water partition coefficient (Wildman–Crippen LogP) is 5.04. The Balaban J connectivity index is 2.23. The number of hydrogen-bond donors (Lipinski definition) is 0. The zero-order chi connectivity index (χ0) is 14.0. The lowest BCUT2D eigenvalue weighted by molar-refractivity contribution is 0.0992. The van der Waals surface area contributed by atoms with Gasteiger partial charge in [0.1, 0.15) is 0 Å². The van der Waals surface area contributed by atoms with E-state index in [1.54, 1.807) is 12.1 Å². The van der Waals surface area contributed by atoms with Crippen molar-refractivity contribution in [3.05, 3.63) is 68.7 Å². The van der Waals surface area contributed by atoms with Crippen LogP contribution >= 0.6 is 23.2 Å². The molecule has 0 bridgehead atoms. The zero-order valence-electron chi connectivity index (χ0n) is 10.8. The molecule has 0 amide bonds. The van der Waals surface area contributed by atoms with Crippen LogP contribution in [0.4, 0.5) is 0 Å². The minimum absolute atomic E-state index is 0.0934. The van der Waals surface area contributed by atoms with Gasteiger partial charge >= 0.3 is 0 Å². The van der Waals surface area contributed by atoms with Crippen molar-refractivity contribution in [2.24, 2.45) is 0 Å². The Bertz CT molecular complexity index is 633. The third kappa shape index (κ3) is 3.37. The van der Waals surface area contributed by atoms with Crippen molar-refractivity contribution in [2.45, 2.75) is 20.3 Å². The van der Waals surface area contributed by atoms with Crippen LogP contribution in [0.2, 0.25) is 10.0 Å². The molecular weight excluding hydrogens is 279 g/mol. The molecule has 2 rings (SSSR count). The molecule has 0 aliphatic rings. The lowest BCUT2D eigenvalue weighted by Gasteiger charge is -2.07. The molecule has 0 fully saturated rings. The second-order valence-corrected chi connectivity index (χ2v) is 5.48. The summed E-state index contributed by atoms with van der Waals surface area (Å²) in [7, 11) is 0. The molecule has 2 aromatic rings. The fourth-order valence-electron chi connectivity index (χ4n) is 2.06. The van der Waals surface area contributed by atoms with E-state index in [-0.39, 0.29) is 5.78 Å². The van der Waals surface area contributed by atoms with Crippen LogP contribution in [-0.4, -0.2) is 5.78 Å². The maximum absolute atomic E-state index is 12.3. The first-order valence-electron chi connectivity index (χ1n) is 6.02. The fraction of sp³-hybridized carbons (Fsp3) is 0.188. The first-order chi connectivity index (χ1) is 8.97. The largest absolute Gasteiger partial charge is 0.294 e. The molecule has 2 aromatic carbocycles. The van der Waals surface area contributed by atoms with E-state index in [4.69, 9.17) is 23.2 Å². The van der Waals surface area contributed by atoms with Gasteiger partial charge in [0.25, 0.3) is 0 Å². The van der Waals surface area contributed by atoms with Crippen LogP contribution in [0.15, 0.2) is 36.4 Å². The number of carbonyl (C=O) groups is 1. The van der Waals surface area contributed by atoms with E-state index in [2.05, 4.69) is 0 Å². The minimum Gasteiger partial charge on any atom is -0.294 e. The van der Waals surface area contributed by atoms with Crippen molar-refractivity contribution in [3.8, 4) is 0 Å². The van der Waals surface area contributed by atoms with Gasteiger partial charge in [0.15, 0.2) is 5.78 Å².